The van der Waals surface area contributed by atoms with E-state index in [1.54, 1.807) is 17.8 Å². The maximum absolute atomic E-state index is 13.7. The molecule has 1 saturated heterocycles. The van der Waals surface area contributed by atoms with Gasteiger partial charge >= 0.3 is 5.97 Å². The Hall–Kier alpha value is -1.07. The molecule has 3 nitrogen and oxygen atoms in total. The fourth-order valence-corrected chi connectivity index (χ4v) is 3.17. The molecule has 2 rings (SSSR count). The zero-order valence-electron chi connectivity index (χ0n) is 10.1. The van der Waals surface area contributed by atoms with E-state index in [1.807, 2.05) is 6.92 Å². The van der Waals surface area contributed by atoms with Crippen LogP contribution in [0.5, 0.6) is 0 Å². The molecule has 1 aliphatic rings. The molecule has 1 aromatic rings. The monoisotopic (exact) mass is 270 g/mol. The van der Waals surface area contributed by atoms with Gasteiger partial charge in [-0.3, -0.25) is 0 Å². The summed E-state index contributed by atoms with van der Waals surface area (Å²) in [6, 6.07) is 4.06. The zero-order valence-corrected chi connectivity index (χ0v) is 10.9. The first kappa shape index (κ1) is 13.4. The average molecular weight is 270 g/mol. The van der Waals surface area contributed by atoms with Gasteiger partial charge in [-0.25, -0.2) is 9.18 Å². The molecule has 5 heteroatoms. The number of thioether (sulfide) groups is 1. The van der Waals surface area contributed by atoms with E-state index in [4.69, 9.17) is 9.84 Å². The van der Waals surface area contributed by atoms with Crippen LogP contribution < -0.4 is 0 Å². The SMILES string of the molecule is CC1OCCC1SCc1ccc(C(=O)O)cc1F. The summed E-state index contributed by atoms with van der Waals surface area (Å²) < 4.78 is 19.1. The van der Waals surface area contributed by atoms with Crippen molar-refractivity contribution in [2.24, 2.45) is 0 Å². The molecular weight excluding hydrogens is 255 g/mol. The van der Waals surface area contributed by atoms with Gasteiger partial charge < -0.3 is 9.84 Å². The van der Waals surface area contributed by atoms with Gasteiger partial charge in [-0.2, -0.15) is 11.8 Å². The van der Waals surface area contributed by atoms with E-state index in [1.165, 1.54) is 6.07 Å². The largest absolute Gasteiger partial charge is 0.478 e. The topological polar surface area (TPSA) is 46.5 Å². The summed E-state index contributed by atoms with van der Waals surface area (Å²) >= 11 is 1.66. The summed E-state index contributed by atoms with van der Waals surface area (Å²) in [5.41, 5.74) is 0.530. The number of hydrogen-bond acceptors (Lipinski definition) is 3. The van der Waals surface area contributed by atoms with Crippen molar-refractivity contribution in [1.29, 1.82) is 0 Å². The van der Waals surface area contributed by atoms with E-state index in [0.717, 1.165) is 19.1 Å². The minimum Gasteiger partial charge on any atom is -0.478 e. The Bertz CT molecular complexity index is 450. The van der Waals surface area contributed by atoms with Crippen LogP contribution in [-0.2, 0) is 10.5 Å². The molecule has 0 saturated carbocycles. The minimum absolute atomic E-state index is 0.0150. The second-order valence-corrected chi connectivity index (χ2v) is 5.55. The standard InChI is InChI=1S/C13H15FO3S/c1-8-12(4-5-17-8)18-7-10-3-2-9(13(15)16)6-11(10)14/h2-3,6,8,12H,4-5,7H2,1H3,(H,15,16). The van der Waals surface area contributed by atoms with Gasteiger partial charge in [0.2, 0.25) is 0 Å². The Kier molecular flexibility index (Phi) is 4.24. The summed E-state index contributed by atoms with van der Waals surface area (Å²) in [7, 11) is 0. The van der Waals surface area contributed by atoms with Crippen molar-refractivity contribution in [3.8, 4) is 0 Å². The fourth-order valence-electron chi connectivity index (χ4n) is 1.93. The van der Waals surface area contributed by atoms with Gasteiger partial charge in [-0.05, 0) is 31.0 Å². The molecule has 98 valence electrons. The summed E-state index contributed by atoms with van der Waals surface area (Å²) in [5.74, 6) is -1.01. The van der Waals surface area contributed by atoms with Crippen LogP contribution in [0.4, 0.5) is 4.39 Å². The maximum atomic E-state index is 13.7. The van der Waals surface area contributed by atoms with Gasteiger partial charge in [0.1, 0.15) is 5.82 Å². The van der Waals surface area contributed by atoms with E-state index in [2.05, 4.69) is 0 Å². The predicted molar refractivity (Wildman–Crippen MR) is 68.5 cm³/mol. The predicted octanol–water partition coefficient (Wildman–Crippen LogP) is 2.93. The molecule has 0 bridgehead atoms. The van der Waals surface area contributed by atoms with Crippen LogP contribution in [0.2, 0.25) is 0 Å². The molecule has 1 aromatic carbocycles. The van der Waals surface area contributed by atoms with Gasteiger partial charge in [0.15, 0.2) is 0 Å². The van der Waals surface area contributed by atoms with E-state index >= 15 is 0 Å². The van der Waals surface area contributed by atoms with Crippen LogP contribution in [-0.4, -0.2) is 29.0 Å². The van der Waals surface area contributed by atoms with Crippen molar-refractivity contribution in [2.75, 3.05) is 6.61 Å². The highest BCUT2D eigenvalue weighted by Crippen LogP contribution is 2.29. The van der Waals surface area contributed by atoms with Crippen LogP contribution in [0.3, 0.4) is 0 Å². The molecule has 0 spiro atoms. The quantitative estimate of drug-likeness (QED) is 0.913. The smallest absolute Gasteiger partial charge is 0.335 e. The van der Waals surface area contributed by atoms with Crippen molar-refractivity contribution in [1.82, 2.24) is 0 Å². The number of benzene rings is 1. The lowest BCUT2D eigenvalue weighted by atomic mass is 10.1. The third-order valence-corrected chi connectivity index (χ3v) is 4.58. The van der Waals surface area contributed by atoms with E-state index in [-0.39, 0.29) is 11.7 Å². The molecule has 1 fully saturated rings. The highest BCUT2D eigenvalue weighted by atomic mass is 32.2. The first-order valence-electron chi connectivity index (χ1n) is 5.83. The Balaban J connectivity index is 1.99. The first-order chi connectivity index (χ1) is 8.58. The fraction of sp³-hybridized carbons (Fsp3) is 0.462. The molecule has 0 aliphatic carbocycles. The summed E-state index contributed by atoms with van der Waals surface area (Å²) in [5, 5.41) is 9.14. The Labute approximate surface area is 109 Å². The van der Waals surface area contributed by atoms with Crippen LogP contribution in [0.15, 0.2) is 18.2 Å². The van der Waals surface area contributed by atoms with Gasteiger partial charge in [0, 0.05) is 17.6 Å². The lowest BCUT2D eigenvalue weighted by Crippen LogP contribution is -2.13. The van der Waals surface area contributed by atoms with Crippen LogP contribution in [0.1, 0.15) is 29.3 Å². The lowest BCUT2D eigenvalue weighted by Gasteiger charge is -2.13. The number of hydrogen-bond donors (Lipinski definition) is 1. The molecule has 1 heterocycles. The van der Waals surface area contributed by atoms with Crippen LogP contribution in [0, 0.1) is 5.82 Å². The summed E-state index contributed by atoms with van der Waals surface area (Å²) in [6.07, 6.45) is 1.19. The number of carboxylic acid groups (broad SMARTS) is 1. The second-order valence-electron chi connectivity index (χ2n) is 4.33. The maximum Gasteiger partial charge on any atom is 0.335 e. The highest BCUT2D eigenvalue weighted by Gasteiger charge is 2.24. The van der Waals surface area contributed by atoms with Crippen LogP contribution >= 0.6 is 11.8 Å². The molecule has 2 atom stereocenters. The van der Waals surface area contributed by atoms with Gasteiger partial charge in [-0.1, -0.05) is 6.07 Å². The van der Waals surface area contributed by atoms with Gasteiger partial charge in [0.25, 0.3) is 0 Å². The Morgan fingerprint density at radius 3 is 2.94 bits per heavy atom. The van der Waals surface area contributed by atoms with E-state index in [9.17, 15) is 9.18 Å². The molecule has 0 radical (unpaired) electrons. The van der Waals surface area contributed by atoms with Gasteiger partial charge in [0.05, 0.1) is 11.7 Å². The minimum atomic E-state index is -1.11. The molecule has 0 amide bonds. The molecule has 1 aliphatic heterocycles. The molecular formula is C13H15FO3S. The van der Waals surface area contributed by atoms with Gasteiger partial charge in [-0.15, -0.1) is 0 Å². The summed E-state index contributed by atoms with van der Waals surface area (Å²) in [6.45, 7) is 2.79. The third-order valence-electron chi connectivity index (χ3n) is 3.06. The highest BCUT2D eigenvalue weighted by molar-refractivity contribution is 7.99. The van der Waals surface area contributed by atoms with Crippen molar-refractivity contribution < 1.29 is 19.0 Å². The normalized spacial score (nSPS) is 23.2. The summed E-state index contributed by atoms with van der Waals surface area (Å²) in [4.78, 5) is 10.7. The molecule has 1 N–H and O–H groups in total. The molecule has 0 aromatic heterocycles. The first-order valence-corrected chi connectivity index (χ1v) is 6.87. The number of carboxylic acids is 1. The lowest BCUT2D eigenvalue weighted by molar-refractivity contribution is 0.0696. The van der Waals surface area contributed by atoms with Crippen molar-refractivity contribution in [3.63, 3.8) is 0 Å². The number of ether oxygens (including phenoxy) is 1. The molecule has 18 heavy (non-hydrogen) atoms. The van der Waals surface area contributed by atoms with Crippen molar-refractivity contribution in [3.05, 3.63) is 35.1 Å². The molecule has 2 unspecified atom stereocenters. The van der Waals surface area contributed by atoms with E-state index in [0.29, 0.717) is 16.6 Å². The average Bonchev–Trinajstić information content (AvgIpc) is 2.73. The third kappa shape index (κ3) is 3.03. The number of aromatic carboxylic acids is 1. The number of carbonyl (C=O) groups is 1. The number of rotatable bonds is 4. The Morgan fingerprint density at radius 1 is 1.61 bits per heavy atom. The second kappa shape index (κ2) is 5.71. The Morgan fingerprint density at radius 2 is 2.39 bits per heavy atom. The van der Waals surface area contributed by atoms with E-state index < -0.39 is 11.8 Å². The van der Waals surface area contributed by atoms with Crippen LogP contribution in [0.25, 0.3) is 0 Å². The van der Waals surface area contributed by atoms with Crippen molar-refractivity contribution >= 4 is 17.7 Å². The zero-order chi connectivity index (χ0) is 13.1. The number of halogens is 1. The van der Waals surface area contributed by atoms with Crippen molar-refractivity contribution in [2.45, 2.75) is 30.5 Å².